The number of hydrogen-bond acceptors (Lipinski definition) is 3. The molecule has 0 amide bonds. The van der Waals surface area contributed by atoms with E-state index in [-0.39, 0.29) is 0 Å². The monoisotopic (exact) mass is 324 g/mol. The lowest BCUT2D eigenvalue weighted by molar-refractivity contribution is -0.463. The highest BCUT2D eigenvalue weighted by atomic mass is 19.4. The molecule has 0 aromatic heterocycles. The topological polar surface area (TPSA) is 38.7 Å². The first-order valence-electron chi connectivity index (χ1n) is 4.77. The van der Waals surface area contributed by atoms with Crippen molar-refractivity contribution in [1.29, 1.82) is 0 Å². The standard InChI is InChI=1S/C8H9F9O3/c1-3(18)19-4(2)20-8(16,17)6(11,12)5(9,10)7(13,14)15/h3-4,18H,1-2H3. The summed E-state index contributed by atoms with van der Waals surface area (Å²) in [5.41, 5.74) is 0. The maximum Gasteiger partial charge on any atom is 0.460 e. The van der Waals surface area contributed by atoms with Crippen LogP contribution >= 0.6 is 0 Å². The van der Waals surface area contributed by atoms with Gasteiger partial charge < -0.3 is 9.84 Å². The molecule has 0 radical (unpaired) electrons. The average molecular weight is 324 g/mol. The predicted octanol–water partition coefficient (Wildman–Crippen LogP) is 3.13. The molecule has 0 aliphatic rings. The summed E-state index contributed by atoms with van der Waals surface area (Å²) >= 11 is 0. The summed E-state index contributed by atoms with van der Waals surface area (Å²) in [5, 5.41) is 8.55. The lowest BCUT2D eigenvalue weighted by Gasteiger charge is -2.34. The van der Waals surface area contributed by atoms with E-state index in [1.807, 2.05) is 0 Å². The van der Waals surface area contributed by atoms with Crippen molar-refractivity contribution in [3.8, 4) is 0 Å². The summed E-state index contributed by atoms with van der Waals surface area (Å²) in [7, 11) is 0. The van der Waals surface area contributed by atoms with E-state index >= 15 is 0 Å². The fraction of sp³-hybridized carbons (Fsp3) is 1.00. The molecule has 0 aliphatic heterocycles. The van der Waals surface area contributed by atoms with Crippen LogP contribution in [0.1, 0.15) is 13.8 Å². The molecule has 0 saturated heterocycles. The minimum Gasteiger partial charge on any atom is -0.368 e. The molecule has 2 unspecified atom stereocenters. The normalized spacial score (nSPS) is 18.0. The number of aliphatic hydroxyl groups excluding tert-OH is 1. The molecule has 12 heteroatoms. The molecule has 0 aliphatic carbocycles. The molecule has 0 rings (SSSR count). The molecule has 0 bridgehead atoms. The SMILES string of the molecule is CC(O)OC(C)OC(F)(F)C(F)(F)C(F)(F)C(F)(F)F. The first kappa shape index (κ1) is 19.2. The van der Waals surface area contributed by atoms with Gasteiger partial charge in [0, 0.05) is 0 Å². The summed E-state index contributed by atoms with van der Waals surface area (Å²) in [4.78, 5) is 0. The van der Waals surface area contributed by atoms with Crippen molar-refractivity contribution in [2.45, 2.75) is 50.6 Å². The van der Waals surface area contributed by atoms with E-state index in [1.54, 1.807) is 0 Å². The van der Waals surface area contributed by atoms with E-state index in [9.17, 15) is 39.5 Å². The Morgan fingerprint density at radius 2 is 1.20 bits per heavy atom. The van der Waals surface area contributed by atoms with Crippen LogP contribution in [0, 0.1) is 0 Å². The Morgan fingerprint density at radius 1 is 0.800 bits per heavy atom. The molecule has 0 aromatic rings. The molecule has 0 aromatic carbocycles. The number of rotatable bonds is 6. The van der Waals surface area contributed by atoms with Crippen molar-refractivity contribution in [2.75, 3.05) is 0 Å². The lowest BCUT2D eigenvalue weighted by Crippen LogP contribution is -2.62. The van der Waals surface area contributed by atoms with Crippen LogP contribution in [0.4, 0.5) is 39.5 Å². The van der Waals surface area contributed by atoms with Crippen LogP contribution in [0.15, 0.2) is 0 Å². The zero-order chi connectivity index (χ0) is 16.6. The van der Waals surface area contributed by atoms with Gasteiger partial charge in [-0.2, -0.15) is 39.5 Å². The Kier molecular flexibility index (Phi) is 5.35. The van der Waals surface area contributed by atoms with Gasteiger partial charge in [0.25, 0.3) is 0 Å². The Hall–Kier alpha value is -0.750. The fourth-order valence-electron chi connectivity index (χ4n) is 0.948. The number of aliphatic hydroxyl groups is 1. The Balaban J connectivity index is 5.26. The Labute approximate surface area is 106 Å². The van der Waals surface area contributed by atoms with Gasteiger partial charge in [0.05, 0.1) is 0 Å². The van der Waals surface area contributed by atoms with Gasteiger partial charge in [-0.25, -0.2) is 0 Å². The minimum atomic E-state index is -7.03. The van der Waals surface area contributed by atoms with Crippen LogP contribution in [-0.4, -0.2) is 41.8 Å². The third kappa shape index (κ3) is 3.67. The predicted molar refractivity (Wildman–Crippen MR) is 44.2 cm³/mol. The molecular weight excluding hydrogens is 315 g/mol. The number of alkyl halides is 9. The van der Waals surface area contributed by atoms with Crippen molar-refractivity contribution in [1.82, 2.24) is 0 Å². The van der Waals surface area contributed by atoms with Crippen LogP contribution in [0.3, 0.4) is 0 Å². The van der Waals surface area contributed by atoms with E-state index in [1.165, 1.54) is 0 Å². The van der Waals surface area contributed by atoms with Crippen molar-refractivity contribution in [2.24, 2.45) is 0 Å². The Morgan fingerprint density at radius 3 is 1.50 bits per heavy atom. The van der Waals surface area contributed by atoms with Crippen LogP contribution in [0.2, 0.25) is 0 Å². The number of hydrogen-bond donors (Lipinski definition) is 1. The zero-order valence-electron chi connectivity index (χ0n) is 9.82. The van der Waals surface area contributed by atoms with E-state index in [2.05, 4.69) is 9.47 Å². The van der Waals surface area contributed by atoms with Crippen molar-refractivity contribution in [3.05, 3.63) is 0 Å². The van der Waals surface area contributed by atoms with E-state index in [4.69, 9.17) is 5.11 Å². The second-order valence-electron chi connectivity index (χ2n) is 3.58. The highest BCUT2D eigenvalue weighted by Crippen LogP contribution is 2.53. The fourth-order valence-corrected chi connectivity index (χ4v) is 0.948. The Bertz CT molecular complexity index is 326. The highest BCUT2D eigenvalue weighted by molar-refractivity contribution is 4.96. The third-order valence-electron chi connectivity index (χ3n) is 1.82. The van der Waals surface area contributed by atoms with Crippen molar-refractivity contribution < 1.29 is 54.1 Å². The molecule has 1 N–H and O–H groups in total. The molecule has 122 valence electrons. The zero-order valence-corrected chi connectivity index (χ0v) is 9.82. The van der Waals surface area contributed by atoms with Gasteiger partial charge in [0.1, 0.15) is 0 Å². The smallest absolute Gasteiger partial charge is 0.368 e. The second kappa shape index (κ2) is 5.56. The molecular formula is C8H9F9O3. The van der Waals surface area contributed by atoms with Gasteiger partial charge >= 0.3 is 24.1 Å². The number of ether oxygens (including phenoxy) is 2. The number of halogens is 9. The van der Waals surface area contributed by atoms with E-state index in [0.717, 1.165) is 6.92 Å². The first-order valence-corrected chi connectivity index (χ1v) is 4.77. The molecule has 0 spiro atoms. The largest absolute Gasteiger partial charge is 0.460 e. The van der Waals surface area contributed by atoms with Gasteiger partial charge in [0.15, 0.2) is 12.6 Å². The minimum absolute atomic E-state index is 0.489. The maximum absolute atomic E-state index is 12.8. The van der Waals surface area contributed by atoms with Crippen molar-refractivity contribution in [3.63, 3.8) is 0 Å². The molecule has 0 saturated carbocycles. The maximum atomic E-state index is 12.8. The van der Waals surface area contributed by atoms with Crippen LogP contribution in [-0.2, 0) is 9.47 Å². The summed E-state index contributed by atoms with van der Waals surface area (Å²) in [6, 6.07) is 0. The second-order valence-corrected chi connectivity index (χ2v) is 3.58. The van der Waals surface area contributed by atoms with E-state index < -0.39 is 36.7 Å². The van der Waals surface area contributed by atoms with Crippen LogP contribution in [0.5, 0.6) is 0 Å². The molecule has 2 atom stereocenters. The lowest BCUT2D eigenvalue weighted by atomic mass is 10.1. The summed E-state index contributed by atoms with van der Waals surface area (Å²) < 4.78 is 118. The van der Waals surface area contributed by atoms with Gasteiger partial charge in [-0.15, -0.1) is 0 Å². The van der Waals surface area contributed by atoms with Gasteiger partial charge in [-0.05, 0) is 13.8 Å². The van der Waals surface area contributed by atoms with Gasteiger partial charge in [-0.3, -0.25) is 4.74 Å². The average Bonchev–Trinajstić information content (AvgIpc) is 2.12. The molecule has 0 fully saturated rings. The quantitative estimate of drug-likeness (QED) is 0.603. The van der Waals surface area contributed by atoms with Crippen LogP contribution < -0.4 is 0 Å². The molecule has 3 nitrogen and oxygen atoms in total. The van der Waals surface area contributed by atoms with Gasteiger partial charge in [-0.1, -0.05) is 0 Å². The van der Waals surface area contributed by atoms with Crippen LogP contribution in [0.25, 0.3) is 0 Å². The van der Waals surface area contributed by atoms with Crippen molar-refractivity contribution >= 4 is 0 Å². The molecule has 0 heterocycles. The summed E-state index contributed by atoms with van der Waals surface area (Å²) in [5.74, 6) is -13.9. The third-order valence-corrected chi connectivity index (χ3v) is 1.82. The molecule has 20 heavy (non-hydrogen) atoms. The first-order chi connectivity index (χ1) is 8.56. The van der Waals surface area contributed by atoms with E-state index in [0.29, 0.717) is 6.92 Å². The summed E-state index contributed by atoms with van der Waals surface area (Å²) in [6.07, 6.45) is -17.3. The highest BCUT2D eigenvalue weighted by Gasteiger charge is 2.83. The van der Waals surface area contributed by atoms with Gasteiger partial charge in [0.2, 0.25) is 0 Å². The summed E-state index contributed by atoms with van der Waals surface area (Å²) in [6.45, 7) is 1.32.